The molecule has 2 rings (SSSR count). The molecule has 0 amide bonds. The van der Waals surface area contributed by atoms with E-state index in [0.29, 0.717) is 11.7 Å². The van der Waals surface area contributed by atoms with Crippen LogP contribution in [0.4, 0.5) is 11.5 Å². The summed E-state index contributed by atoms with van der Waals surface area (Å²) in [6.07, 6.45) is 9.90. The molecule has 1 aromatic heterocycles. The lowest BCUT2D eigenvalue weighted by Crippen LogP contribution is -2.21. The van der Waals surface area contributed by atoms with Crippen molar-refractivity contribution in [3.05, 3.63) is 28.4 Å². The zero-order valence-corrected chi connectivity index (χ0v) is 10.5. The molecule has 0 spiro atoms. The molecule has 98 valence electrons. The Kier molecular flexibility index (Phi) is 4.50. The lowest BCUT2D eigenvalue weighted by Gasteiger charge is -2.21. The van der Waals surface area contributed by atoms with Gasteiger partial charge in [0.1, 0.15) is 11.9 Å². The topological polar surface area (TPSA) is 68.1 Å². The Hall–Kier alpha value is -1.65. The van der Waals surface area contributed by atoms with Crippen LogP contribution in [0.3, 0.4) is 0 Å². The van der Waals surface area contributed by atoms with Crippen molar-refractivity contribution in [1.29, 1.82) is 0 Å². The van der Waals surface area contributed by atoms with Gasteiger partial charge in [-0.25, -0.2) is 0 Å². The highest BCUT2D eigenvalue weighted by Crippen LogP contribution is 2.25. The van der Waals surface area contributed by atoms with E-state index in [0.717, 1.165) is 12.8 Å². The van der Waals surface area contributed by atoms with Crippen LogP contribution in [0.25, 0.3) is 0 Å². The van der Waals surface area contributed by atoms with Gasteiger partial charge in [0.05, 0.1) is 0 Å². The van der Waals surface area contributed by atoms with E-state index in [1.807, 2.05) is 0 Å². The van der Waals surface area contributed by atoms with Crippen molar-refractivity contribution >= 4 is 11.5 Å². The van der Waals surface area contributed by atoms with E-state index < -0.39 is 4.92 Å². The van der Waals surface area contributed by atoms with Gasteiger partial charge in [-0.1, -0.05) is 32.1 Å². The Labute approximate surface area is 107 Å². The molecule has 0 atom stereocenters. The first kappa shape index (κ1) is 12.8. The molecule has 1 aliphatic rings. The van der Waals surface area contributed by atoms with Gasteiger partial charge in [-0.15, -0.1) is 0 Å². The summed E-state index contributed by atoms with van der Waals surface area (Å²) in [5.74, 6) is -0.0699. The predicted octanol–water partition coefficient (Wildman–Crippen LogP) is 3.51. The van der Waals surface area contributed by atoms with Crippen molar-refractivity contribution in [3.63, 3.8) is 0 Å². The molecule has 1 fully saturated rings. The predicted molar refractivity (Wildman–Crippen MR) is 70.6 cm³/mol. The summed E-state index contributed by atoms with van der Waals surface area (Å²) >= 11 is 0. The average Bonchev–Trinajstić information content (AvgIpc) is 2.33. The van der Waals surface area contributed by atoms with E-state index in [9.17, 15) is 10.1 Å². The number of pyridine rings is 1. The summed E-state index contributed by atoms with van der Waals surface area (Å²) in [6.45, 7) is 0. The molecule has 1 N–H and O–H groups in total. The highest BCUT2D eigenvalue weighted by Gasteiger charge is 2.18. The van der Waals surface area contributed by atoms with Crippen LogP contribution < -0.4 is 5.32 Å². The number of hydrogen-bond donors (Lipinski definition) is 1. The highest BCUT2D eigenvalue weighted by molar-refractivity contribution is 5.57. The Morgan fingerprint density at radius 3 is 2.56 bits per heavy atom. The minimum Gasteiger partial charge on any atom is -0.375 e. The molecule has 18 heavy (non-hydrogen) atoms. The number of rotatable bonds is 3. The Morgan fingerprint density at radius 2 is 1.89 bits per heavy atom. The number of nitrogens with one attached hydrogen (secondary N) is 1. The zero-order chi connectivity index (χ0) is 12.8. The lowest BCUT2D eigenvalue weighted by molar-refractivity contribution is -0.388. The van der Waals surface area contributed by atoms with Gasteiger partial charge in [-0.05, 0) is 34.9 Å². The van der Waals surface area contributed by atoms with Gasteiger partial charge in [-0.2, -0.15) is 0 Å². The number of anilines is 1. The van der Waals surface area contributed by atoms with Crippen molar-refractivity contribution in [2.75, 3.05) is 5.32 Å². The van der Waals surface area contributed by atoms with Crippen molar-refractivity contribution in [2.45, 2.75) is 51.0 Å². The van der Waals surface area contributed by atoms with E-state index in [4.69, 9.17) is 0 Å². The van der Waals surface area contributed by atoms with Crippen LogP contribution in [0, 0.1) is 10.1 Å². The average molecular weight is 249 g/mol. The number of nitro groups is 1. The third-order valence-corrected chi connectivity index (χ3v) is 3.42. The quantitative estimate of drug-likeness (QED) is 0.657. The lowest BCUT2D eigenvalue weighted by atomic mass is 9.96. The van der Waals surface area contributed by atoms with Crippen molar-refractivity contribution in [2.24, 2.45) is 0 Å². The second-order valence-electron chi connectivity index (χ2n) is 4.82. The van der Waals surface area contributed by atoms with Crippen LogP contribution >= 0.6 is 0 Å². The van der Waals surface area contributed by atoms with Crippen LogP contribution in [0.2, 0.25) is 0 Å². The van der Waals surface area contributed by atoms with E-state index in [2.05, 4.69) is 10.3 Å². The summed E-state index contributed by atoms with van der Waals surface area (Å²) < 4.78 is 0. The first-order valence-corrected chi connectivity index (χ1v) is 6.63. The molecule has 0 aromatic carbocycles. The first-order valence-electron chi connectivity index (χ1n) is 6.63. The fourth-order valence-electron chi connectivity index (χ4n) is 2.48. The van der Waals surface area contributed by atoms with E-state index >= 15 is 0 Å². The second kappa shape index (κ2) is 6.33. The molecule has 1 aromatic rings. The molecule has 0 aliphatic heterocycles. The molecule has 0 saturated heterocycles. The van der Waals surface area contributed by atoms with Gasteiger partial charge in [0.15, 0.2) is 0 Å². The minimum atomic E-state index is -0.425. The summed E-state index contributed by atoms with van der Waals surface area (Å²) in [5, 5.41) is 14.2. The Balaban J connectivity index is 2.05. The second-order valence-corrected chi connectivity index (χ2v) is 4.82. The van der Waals surface area contributed by atoms with Gasteiger partial charge in [0.25, 0.3) is 0 Å². The van der Waals surface area contributed by atoms with Gasteiger partial charge >= 0.3 is 5.82 Å². The van der Waals surface area contributed by atoms with E-state index in [1.165, 1.54) is 38.3 Å². The largest absolute Gasteiger partial charge is 0.386 e. The summed E-state index contributed by atoms with van der Waals surface area (Å²) in [6, 6.07) is 3.82. The molecule has 1 heterocycles. The van der Waals surface area contributed by atoms with Gasteiger partial charge in [0, 0.05) is 6.04 Å². The van der Waals surface area contributed by atoms with E-state index in [-0.39, 0.29) is 5.82 Å². The molecule has 0 bridgehead atoms. The van der Waals surface area contributed by atoms with Crippen LogP contribution in [0.15, 0.2) is 18.3 Å². The zero-order valence-electron chi connectivity index (χ0n) is 10.5. The molecule has 0 radical (unpaired) electrons. The normalized spacial score (nSPS) is 17.8. The van der Waals surface area contributed by atoms with Crippen LogP contribution in [0.1, 0.15) is 44.9 Å². The number of nitrogens with zero attached hydrogens (tertiary/aromatic N) is 2. The van der Waals surface area contributed by atoms with Crippen LogP contribution in [-0.2, 0) is 0 Å². The Morgan fingerprint density at radius 1 is 1.22 bits per heavy atom. The van der Waals surface area contributed by atoms with Crippen molar-refractivity contribution < 1.29 is 4.92 Å². The molecular weight excluding hydrogens is 230 g/mol. The molecule has 5 heteroatoms. The SMILES string of the molecule is O=[N+]([O-])c1ncccc1NC1CCCCCCC1. The third kappa shape index (κ3) is 3.42. The fraction of sp³-hybridized carbons (Fsp3) is 0.615. The molecular formula is C13H19N3O2. The maximum atomic E-state index is 10.9. The summed E-state index contributed by atoms with van der Waals surface area (Å²) in [7, 11) is 0. The summed E-state index contributed by atoms with van der Waals surface area (Å²) in [4.78, 5) is 14.3. The van der Waals surface area contributed by atoms with Gasteiger partial charge in [-0.3, -0.25) is 0 Å². The Bertz CT molecular complexity index is 401. The van der Waals surface area contributed by atoms with Crippen LogP contribution in [-0.4, -0.2) is 15.9 Å². The van der Waals surface area contributed by atoms with Crippen molar-refractivity contribution in [1.82, 2.24) is 4.98 Å². The van der Waals surface area contributed by atoms with Gasteiger partial charge < -0.3 is 15.4 Å². The van der Waals surface area contributed by atoms with Gasteiger partial charge in [0.2, 0.25) is 0 Å². The highest BCUT2D eigenvalue weighted by atomic mass is 16.6. The van der Waals surface area contributed by atoms with E-state index in [1.54, 1.807) is 12.1 Å². The number of aromatic nitrogens is 1. The first-order chi connectivity index (χ1) is 8.77. The third-order valence-electron chi connectivity index (χ3n) is 3.42. The molecule has 1 saturated carbocycles. The van der Waals surface area contributed by atoms with Crippen molar-refractivity contribution in [3.8, 4) is 0 Å². The monoisotopic (exact) mass is 249 g/mol. The maximum Gasteiger partial charge on any atom is 0.386 e. The molecule has 0 unspecified atom stereocenters. The summed E-state index contributed by atoms with van der Waals surface area (Å²) in [5.41, 5.74) is 0.549. The standard InChI is InChI=1S/C13H19N3O2/c17-16(18)13-12(9-6-10-14-13)15-11-7-4-2-1-3-5-8-11/h6,9-11,15H,1-5,7-8H2. The molecule has 1 aliphatic carbocycles. The smallest absolute Gasteiger partial charge is 0.375 e. The minimum absolute atomic E-state index is 0.0699. The molecule has 5 nitrogen and oxygen atoms in total. The maximum absolute atomic E-state index is 10.9. The fourth-order valence-corrected chi connectivity index (χ4v) is 2.48. The van der Waals surface area contributed by atoms with Crippen LogP contribution in [0.5, 0.6) is 0 Å². The number of hydrogen-bond acceptors (Lipinski definition) is 4.